The number of hydrogen-bond donors (Lipinski definition) is 1. The molecule has 6 heteroatoms. The van der Waals surface area contributed by atoms with Crippen LogP contribution in [0.5, 0.6) is 0 Å². The van der Waals surface area contributed by atoms with E-state index in [0.29, 0.717) is 25.2 Å². The van der Waals surface area contributed by atoms with Crippen molar-refractivity contribution in [3.8, 4) is 0 Å². The molecule has 4 nitrogen and oxygen atoms in total. The quantitative estimate of drug-likeness (QED) is 0.770. The van der Waals surface area contributed by atoms with Gasteiger partial charge in [0.2, 0.25) is 0 Å². The first-order chi connectivity index (χ1) is 8.57. The molecule has 98 valence electrons. The van der Waals surface area contributed by atoms with Crippen LogP contribution in [0.4, 0.5) is 15.8 Å². The number of nitrogens with one attached hydrogen (secondary N) is 1. The van der Waals surface area contributed by atoms with E-state index in [-0.39, 0.29) is 23.4 Å². The molecule has 0 radical (unpaired) electrons. The summed E-state index contributed by atoms with van der Waals surface area (Å²) in [7, 11) is -2.95. The molecule has 0 saturated carbocycles. The van der Waals surface area contributed by atoms with Crippen LogP contribution in [-0.4, -0.2) is 39.1 Å². The summed E-state index contributed by atoms with van der Waals surface area (Å²) in [5.41, 5.74) is 1.28. The van der Waals surface area contributed by atoms with E-state index in [0.717, 1.165) is 5.69 Å². The topological polar surface area (TPSA) is 49.4 Å². The van der Waals surface area contributed by atoms with Gasteiger partial charge < -0.3 is 10.2 Å². The second kappa shape index (κ2) is 4.12. The second-order valence-corrected chi connectivity index (χ2v) is 7.04. The average molecular weight is 270 g/mol. The minimum absolute atomic E-state index is 0.0423. The van der Waals surface area contributed by atoms with Gasteiger partial charge in [-0.3, -0.25) is 0 Å². The molecule has 1 aromatic carbocycles. The van der Waals surface area contributed by atoms with Gasteiger partial charge in [-0.15, -0.1) is 0 Å². The number of sulfone groups is 1. The van der Waals surface area contributed by atoms with Crippen LogP contribution in [0, 0.1) is 5.82 Å². The molecule has 0 aromatic heterocycles. The van der Waals surface area contributed by atoms with Crippen LogP contribution in [-0.2, 0) is 9.84 Å². The number of para-hydroxylation sites is 1. The zero-order chi connectivity index (χ0) is 12.8. The van der Waals surface area contributed by atoms with E-state index in [4.69, 9.17) is 0 Å². The zero-order valence-corrected chi connectivity index (χ0v) is 10.7. The number of halogens is 1. The first-order valence-corrected chi connectivity index (χ1v) is 7.88. The van der Waals surface area contributed by atoms with Crippen molar-refractivity contribution in [2.75, 3.05) is 34.8 Å². The van der Waals surface area contributed by atoms with Crippen LogP contribution >= 0.6 is 0 Å². The van der Waals surface area contributed by atoms with Crippen molar-refractivity contribution < 1.29 is 12.8 Å². The fourth-order valence-electron chi connectivity index (χ4n) is 2.73. The molecule has 1 N–H and O–H groups in total. The maximum atomic E-state index is 13.8. The Kier molecular flexibility index (Phi) is 2.69. The first kappa shape index (κ1) is 11.8. The number of rotatable bonds is 0. The largest absolute Gasteiger partial charge is 0.381 e. The summed E-state index contributed by atoms with van der Waals surface area (Å²) in [6.45, 7) is 1.05. The molecule has 0 aliphatic carbocycles. The lowest BCUT2D eigenvalue weighted by Crippen LogP contribution is -2.48. The molecule has 1 atom stereocenters. The zero-order valence-electron chi connectivity index (χ0n) is 9.89. The maximum absolute atomic E-state index is 13.8. The number of fused-ring (bicyclic) bond motifs is 3. The van der Waals surface area contributed by atoms with E-state index in [1.165, 1.54) is 6.07 Å². The highest BCUT2D eigenvalue weighted by molar-refractivity contribution is 7.91. The van der Waals surface area contributed by atoms with Gasteiger partial charge in [0.05, 0.1) is 22.9 Å². The Hall–Kier alpha value is -1.30. The van der Waals surface area contributed by atoms with Crippen molar-refractivity contribution in [3.05, 3.63) is 24.0 Å². The molecular formula is C12H15FN2O2S. The molecule has 0 amide bonds. The van der Waals surface area contributed by atoms with Crippen LogP contribution in [0.15, 0.2) is 18.2 Å². The maximum Gasteiger partial charge on any atom is 0.154 e. The number of anilines is 2. The van der Waals surface area contributed by atoms with Gasteiger partial charge in [-0.05, 0) is 18.6 Å². The summed E-state index contributed by atoms with van der Waals surface area (Å²) in [6.07, 6.45) is 0.716. The lowest BCUT2D eigenvalue weighted by molar-refractivity contribution is 0.550. The summed E-state index contributed by atoms with van der Waals surface area (Å²) in [5.74, 6) is 0.0472. The van der Waals surface area contributed by atoms with E-state index in [1.807, 2.05) is 11.0 Å². The van der Waals surface area contributed by atoms with Crippen LogP contribution in [0.25, 0.3) is 0 Å². The summed E-state index contributed by atoms with van der Waals surface area (Å²) < 4.78 is 37.1. The molecule has 2 heterocycles. The van der Waals surface area contributed by atoms with E-state index < -0.39 is 9.84 Å². The van der Waals surface area contributed by atoms with Gasteiger partial charge in [0, 0.05) is 19.1 Å². The standard InChI is InChI=1S/C12H15FN2O2S/c13-10-2-1-3-11-12(10)14-5-4-9-8-18(16,17)7-6-15(9)11/h1-3,9,14H,4-8H2. The third-order valence-electron chi connectivity index (χ3n) is 3.61. The molecule has 1 fully saturated rings. The van der Waals surface area contributed by atoms with Gasteiger partial charge in [-0.2, -0.15) is 0 Å². The Morgan fingerprint density at radius 1 is 1.39 bits per heavy atom. The van der Waals surface area contributed by atoms with Crippen LogP contribution in [0.3, 0.4) is 0 Å². The average Bonchev–Trinajstić information content (AvgIpc) is 2.47. The fraction of sp³-hybridized carbons (Fsp3) is 0.500. The summed E-state index contributed by atoms with van der Waals surface area (Å²) in [6, 6.07) is 4.90. The van der Waals surface area contributed by atoms with Crippen molar-refractivity contribution in [1.82, 2.24) is 0 Å². The molecule has 1 saturated heterocycles. The highest BCUT2D eigenvalue weighted by Gasteiger charge is 2.34. The summed E-state index contributed by atoms with van der Waals surface area (Å²) >= 11 is 0. The predicted octanol–water partition coefficient (Wildman–Crippen LogP) is 1.24. The number of nitrogens with zero attached hydrogens (tertiary/aromatic N) is 1. The predicted molar refractivity (Wildman–Crippen MR) is 69.3 cm³/mol. The third-order valence-corrected chi connectivity index (χ3v) is 5.31. The minimum atomic E-state index is -2.95. The van der Waals surface area contributed by atoms with Crippen LogP contribution < -0.4 is 10.2 Å². The molecule has 18 heavy (non-hydrogen) atoms. The van der Waals surface area contributed by atoms with Crippen molar-refractivity contribution >= 4 is 21.2 Å². The van der Waals surface area contributed by atoms with E-state index >= 15 is 0 Å². The summed E-state index contributed by atoms with van der Waals surface area (Å²) in [4.78, 5) is 2.03. The molecule has 2 aliphatic heterocycles. The van der Waals surface area contributed by atoms with Crippen molar-refractivity contribution in [1.29, 1.82) is 0 Å². The molecule has 1 aromatic rings. The molecule has 2 aliphatic rings. The Morgan fingerprint density at radius 3 is 3.06 bits per heavy atom. The Labute approximate surface area is 106 Å². The monoisotopic (exact) mass is 270 g/mol. The molecular weight excluding hydrogens is 255 g/mol. The van der Waals surface area contributed by atoms with Gasteiger partial charge in [0.15, 0.2) is 9.84 Å². The smallest absolute Gasteiger partial charge is 0.154 e. The third kappa shape index (κ3) is 1.94. The SMILES string of the molecule is O=S1(=O)CCN2c3cccc(F)c3NCCC2C1. The van der Waals surface area contributed by atoms with Gasteiger partial charge in [-0.1, -0.05) is 6.07 Å². The van der Waals surface area contributed by atoms with Crippen molar-refractivity contribution in [2.45, 2.75) is 12.5 Å². The van der Waals surface area contributed by atoms with E-state index in [9.17, 15) is 12.8 Å². The number of hydrogen-bond acceptors (Lipinski definition) is 4. The van der Waals surface area contributed by atoms with Gasteiger partial charge in [-0.25, -0.2) is 12.8 Å². The molecule has 3 rings (SSSR count). The minimum Gasteiger partial charge on any atom is -0.381 e. The second-order valence-electron chi connectivity index (χ2n) is 4.81. The van der Waals surface area contributed by atoms with Crippen molar-refractivity contribution in [2.24, 2.45) is 0 Å². The number of benzene rings is 1. The van der Waals surface area contributed by atoms with E-state index in [2.05, 4.69) is 5.32 Å². The van der Waals surface area contributed by atoms with Crippen molar-refractivity contribution in [3.63, 3.8) is 0 Å². The lowest BCUT2D eigenvalue weighted by atomic mass is 10.1. The lowest BCUT2D eigenvalue weighted by Gasteiger charge is -2.36. The highest BCUT2D eigenvalue weighted by atomic mass is 32.2. The van der Waals surface area contributed by atoms with Crippen LogP contribution in [0.2, 0.25) is 0 Å². The fourth-order valence-corrected chi connectivity index (χ4v) is 4.31. The Balaban J connectivity index is 2.03. The van der Waals surface area contributed by atoms with Gasteiger partial charge in [0.25, 0.3) is 0 Å². The normalized spacial score (nSPS) is 25.6. The first-order valence-electron chi connectivity index (χ1n) is 6.06. The van der Waals surface area contributed by atoms with Crippen LogP contribution in [0.1, 0.15) is 6.42 Å². The molecule has 1 unspecified atom stereocenters. The summed E-state index contributed by atoms with van der Waals surface area (Å²) in [5, 5.41) is 3.07. The van der Waals surface area contributed by atoms with E-state index in [1.54, 1.807) is 6.07 Å². The van der Waals surface area contributed by atoms with Gasteiger partial charge in [0.1, 0.15) is 5.82 Å². The molecule has 0 bridgehead atoms. The Bertz CT molecular complexity index is 573. The Morgan fingerprint density at radius 2 is 2.22 bits per heavy atom. The highest BCUT2D eigenvalue weighted by Crippen LogP contribution is 2.34. The van der Waals surface area contributed by atoms with Gasteiger partial charge >= 0.3 is 0 Å². The molecule has 0 spiro atoms.